The number of nitrogens with one attached hydrogen (secondary N) is 1. The Bertz CT molecular complexity index is 854. The van der Waals surface area contributed by atoms with Gasteiger partial charge in [0.2, 0.25) is 17.6 Å². The third-order valence-corrected chi connectivity index (χ3v) is 3.65. The van der Waals surface area contributed by atoms with Gasteiger partial charge in [-0.1, -0.05) is 21.1 Å². The van der Waals surface area contributed by atoms with E-state index in [1.807, 2.05) is 6.07 Å². The van der Waals surface area contributed by atoms with E-state index in [-0.39, 0.29) is 24.4 Å². The summed E-state index contributed by atoms with van der Waals surface area (Å²) in [7, 11) is 0. The lowest BCUT2D eigenvalue weighted by atomic mass is 10.2. The van der Waals surface area contributed by atoms with Gasteiger partial charge in [0, 0.05) is 35.3 Å². The van der Waals surface area contributed by atoms with Crippen LogP contribution in [0.3, 0.4) is 0 Å². The van der Waals surface area contributed by atoms with Crippen LogP contribution in [0, 0.1) is 5.82 Å². The van der Waals surface area contributed by atoms with Gasteiger partial charge < -0.3 is 9.84 Å². The van der Waals surface area contributed by atoms with Crippen molar-refractivity contribution in [2.24, 2.45) is 0 Å². The van der Waals surface area contributed by atoms with Gasteiger partial charge in [0.05, 0.1) is 5.69 Å². The Morgan fingerprint density at radius 1 is 1.33 bits per heavy atom. The molecule has 122 valence electrons. The minimum Gasteiger partial charge on any atom is -0.339 e. The molecule has 24 heavy (non-hydrogen) atoms. The van der Waals surface area contributed by atoms with Gasteiger partial charge in [0.1, 0.15) is 5.82 Å². The fraction of sp³-hybridized carbons (Fsp3) is 0.125. The van der Waals surface area contributed by atoms with Gasteiger partial charge in [-0.15, -0.1) is 0 Å². The van der Waals surface area contributed by atoms with Crippen LogP contribution < -0.4 is 5.32 Å². The Hall–Kier alpha value is -2.61. The van der Waals surface area contributed by atoms with Gasteiger partial charge in [-0.3, -0.25) is 9.78 Å². The molecule has 1 N–H and O–H groups in total. The Balaban J connectivity index is 1.58. The molecule has 0 fully saturated rings. The van der Waals surface area contributed by atoms with Crippen molar-refractivity contribution in [3.8, 4) is 11.4 Å². The minimum atomic E-state index is -0.505. The summed E-state index contributed by atoms with van der Waals surface area (Å²) < 4.78 is 19.4. The number of carbonyl (C=O) groups is 1. The lowest BCUT2D eigenvalue weighted by molar-refractivity contribution is -0.116. The summed E-state index contributed by atoms with van der Waals surface area (Å²) in [6.45, 7) is 0. The maximum atomic E-state index is 13.7. The van der Waals surface area contributed by atoms with Crippen molar-refractivity contribution in [3.05, 3.63) is 58.9 Å². The second-order valence-corrected chi connectivity index (χ2v) is 5.84. The van der Waals surface area contributed by atoms with E-state index in [4.69, 9.17) is 4.52 Å². The molecule has 0 saturated heterocycles. The van der Waals surface area contributed by atoms with Crippen molar-refractivity contribution in [1.82, 2.24) is 15.1 Å². The minimum absolute atomic E-state index is 0.101. The largest absolute Gasteiger partial charge is 0.339 e. The topological polar surface area (TPSA) is 80.9 Å². The van der Waals surface area contributed by atoms with Gasteiger partial charge in [-0.2, -0.15) is 4.98 Å². The van der Waals surface area contributed by atoms with Crippen molar-refractivity contribution >= 4 is 27.5 Å². The van der Waals surface area contributed by atoms with Crippen molar-refractivity contribution in [1.29, 1.82) is 0 Å². The number of amides is 1. The molecule has 0 aliphatic rings. The maximum absolute atomic E-state index is 13.7. The average Bonchev–Trinajstić information content (AvgIpc) is 3.05. The van der Waals surface area contributed by atoms with Crippen LogP contribution in [0.25, 0.3) is 11.4 Å². The van der Waals surface area contributed by atoms with Crippen LogP contribution in [-0.2, 0) is 11.2 Å². The Morgan fingerprint density at radius 2 is 2.21 bits per heavy atom. The highest BCUT2D eigenvalue weighted by atomic mass is 79.9. The number of aromatic nitrogens is 3. The van der Waals surface area contributed by atoms with Crippen molar-refractivity contribution in [3.63, 3.8) is 0 Å². The molecule has 0 unspecified atom stereocenters. The lowest BCUT2D eigenvalue weighted by Crippen LogP contribution is -2.13. The first-order chi connectivity index (χ1) is 11.6. The number of aryl methyl sites for hydroxylation is 1. The third kappa shape index (κ3) is 4.02. The van der Waals surface area contributed by atoms with Crippen molar-refractivity contribution in [2.45, 2.75) is 12.8 Å². The highest BCUT2D eigenvalue weighted by Crippen LogP contribution is 2.20. The molecule has 2 heterocycles. The van der Waals surface area contributed by atoms with Gasteiger partial charge in [-0.25, -0.2) is 4.39 Å². The van der Waals surface area contributed by atoms with Gasteiger partial charge in [0.15, 0.2) is 0 Å². The summed E-state index contributed by atoms with van der Waals surface area (Å²) in [4.78, 5) is 20.1. The number of benzene rings is 1. The normalized spacial score (nSPS) is 10.6. The third-order valence-electron chi connectivity index (χ3n) is 3.16. The van der Waals surface area contributed by atoms with Gasteiger partial charge in [-0.05, 0) is 30.3 Å². The average molecular weight is 391 g/mol. The highest BCUT2D eigenvalue weighted by molar-refractivity contribution is 9.10. The monoisotopic (exact) mass is 390 g/mol. The predicted molar refractivity (Wildman–Crippen MR) is 88.6 cm³/mol. The first-order valence-electron chi connectivity index (χ1n) is 7.10. The number of carbonyl (C=O) groups excluding carboxylic acids is 1. The predicted octanol–water partition coefficient (Wildman–Crippen LogP) is 3.60. The Morgan fingerprint density at radius 3 is 2.96 bits per heavy atom. The zero-order valence-electron chi connectivity index (χ0n) is 12.4. The molecule has 8 heteroatoms. The number of halogens is 2. The molecule has 6 nitrogen and oxygen atoms in total. The van der Waals surface area contributed by atoms with Crippen LogP contribution in [0.2, 0.25) is 0 Å². The zero-order chi connectivity index (χ0) is 16.9. The Labute approximate surface area is 145 Å². The fourth-order valence-corrected chi connectivity index (χ4v) is 2.33. The van der Waals surface area contributed by atoms with E-state index in [1.165, 1.54) is 12.1 Å². The van der Waals surface area contributed by atoms with E-state index >= 15 is 0 Å². The summed E-state index contributed by atoms with van der Waals surface area (Å²) in [5.74, 6) is -0.0931. The second-order valence-electron chi connectivity index (χ2n) is 4.93. The molecule has 1 amide bonds. The quantitative estimate of drug-likeness (QED) is 0.719. The summed E-state index contributed by atoms with van der Waals surface area (Å²) in [6, 6.07) is 8.01. The number of rotatable bonds is 5. The van der Waals surface area contributed by atoms with Crippen LogP contribution >= 0.6 is 15.9 Å². The zero-order valence-corrected chi connectivity index (χ0v) is 14.0. The molecule has 0 bridgehead atoms. The molecule has 2 aromatic heterocycles. The number of anilines is 1. The molecule has 3 aromatic rings. The smallest absolute Gasteiger partial charge is 0.227 e. The second kappa shape index (κ2) is 7.31. The van der Waals surface area contributed by atoms with Crippen molar-refractivity contribution in [2.75, 3.05) is 5.32 Å². The molecule has 0 radical (unpaired) electrons. The lowest BCUT2D eigenvalue weighted by Gasteiger charge is -2.05. The molecular weight excluding hydrogens is 379 g/mol. The molecule has 0 aliphatic heterocycles. The summed E-state index contributed by atoms with van der Waals surface area (Å²) in [5, 5.41) is 6.36. The standard InChI is InChI=1S/C16H12BrFN4O2/c17-11-3-4-13(12(18)8-11)20-14(23)5-6-15-21-16(22-24-15)10-2-1-7-19-9-10/h1-4,7-9H,5-6H2,(H,20,23). The summed E-state index contributed by atoms with van der Waals surface area (Å²) >= 11 is 3.16. The highest BCUT2D eigenvalue weighted by Gasteiger charge is 2.12. The Kier molecular flexibility index (Phi) is 4.95. The van der Waals surface area contributed by atoms with E-state index in [1.54, 1.807) is 24.5 Å². The fourth-order valence-electron chi connectivity index (χ4n) is 1.99. The summed E-state index contributed by atoms with van der Waals surface area (Å²) in [6.07, 6.45) is 3.63. The number of hydrogen-bond acceptors (Lipinski definition) is 5. The van der Waals surface area contributed by atoms with E-state index in [0.717, 1.165) is 5.56 Å². The first kappa shape index (κ1) is 16.3. The van der Waals surface area contributed by atoms with Crippen LogP contribution in [0.5, 0.6) is 0 Å². The van der Waals surface area contributed by atoms with Crippen LogP contribution in [0.15, 0.2) is 51.7 Å². The van der Waals surface area contributed by atoms with E-state index in [2.05, 4.69) is 36.4 Å². The number of nitrogens with zero attached hydrogens (tertiary/aromatic N) is 3. The summed E-state index contributed by atoms with van der Waals surface area (Å²) in [5.41, 5.74) is 0.860. The number of pyridine rings is 1. The van der Waals surface area contributed by atoms with E-state index < -0.39 is 5.82 Å². The molecule has 3 rings (SSSR count). The van der Waals surface area contributed by atoms with Crippen molar-refractivity contribution < 1.29 is 13.7 Å². The number of hydrogen-bond donors (Lipinski definition) is 1. The molecular formula is C16H12BrFN4O2. The van der Waals surface area contributed by atoms with Crippen LogP contribution in [0.1, 0.15) is 12.3 Å². The maximum Gasteiger partial charge on any atom is 0.227 e. The van der Waals surface area contributed by atoms with Gasteiger partial charge in [0.25, 0.3) is 0 Å². The molecule has 0 saturated carbocycles. The SMILES string of the molecule is O=C(CCc1nc(-c2cccnc2)no1)Nc1ccc(Br)cc1F. The molecule has 0 aliphatic carbocycles. The molecule has 0 atom stereocenters. The van der Waals surface area contributed by atoms with Crippen LogP contribution in [0.4, 0.5) is 10.1 Å². The molecule has 1 aromatic carbocycles. The van der Waals surface area contributed by atoms with Crippen LogP contribution in [-0.4, -0.2) is 21.0 Å². The van der Waals surface area contributed by atoms with Gasteiger partial charge >= 0.3 is 0 Å². The first-order valence-corrected chi connectivity index (χ1v) is 7.89. The van der Waals surface area contributed by atoms with E-state index in [9.17, 15) is 9.18 Å². The van der Waals surface area contributed by atoms with E-state index in [0.29, 0.717) is 16.2 Å². The molecule has 0 spiro atoms.